The van der Waals surface area contributed by atoms with Crippen LogP contribution in [-0.2, 0) is 14.9 Å². The molecule has 0 N–H and O–H groups in total. The molecule has 3 nitrogen and oxygen atoms in total. The van der Waals surface area contributed by atoms with Crippen molar-refractivity contribution in [1.82, 2.24) is 4.90 Å². The first kappa shape index (κ1) is 16.3. The van der Waals surface area contributed by atoms with E-state index < -0.39 is 5.60 Å². The van der Waals surface area contributed by atoms with Gasteiger partial charge in [0.05, 0.1) is 6.04 Å². The average molecular weight is 349 g/mol. The summed E-state index contributed by atoms with van der Waals surface area (Å²) >= 11 is 0. The number of fused-ring (bicyclic) bond motifs is 3. The number of nitrogens with zero attached hydrogens (tertiary/aromatic N) is 1. The summed E-state index contributed by atoms with van der Waals surface area (Å²) in [6.45, 7) is 7.83. The number of piperidine rings is 1. The standard InChI is InChI=1S/C23H27NO2/c1-22(2,3)16-9-7-15(8-10-16)18-12-17-14-23(19(18)13-21(25)26-23)20-6-4-5-11-24(17)20/h7-10,12-13,17,20H,4-6,11,14H2,1-3H3. The predicted molar refractivity (Wildman–Crippen MR) is 103 cm³/mol. The van der Waals surface area contributed by atoms with E-state index in [4.69, 9.17) is 4.74 Å². The van der Waals surface area contributed by atoms with Crippen LogP contribution >= 0.6 is 0 Å². The van der Waals surface area contributed by atoms with Gasteiger partial charge in [0, 0.05) is 24.1 Å². The highest BCUT2D eigenvalue weighted by atomic mass is 16.6. The molecule has 0 saturated carbocycles. The van der Waals surface area contributed by atoms with Gasteiger partial charge in [-0.3, -0.25) is 4.90 Å². The van der Waals surface area contributed by atoms with Crippen LogP contribution in [0.25, 0.3) is 5.57 Å². The molecule has 3 heteroatoms. The largest absolute Gasteiger partial charge is 0.449 e. The molecule has 0 radical (unpaired) electrons. The summed E-state index contributed by atoms with van der Waals surface area (Å²) < 4.78 is 6.03. The van der Waals surface area contributed by atoms with Crippen molar-refractivity contribution in [3.63, 3.8) is 0 Å². The number of carbonyl (C=O) groups excluding carboxylic acids is 1. The molecule has 5 rings (SSSR count). The highest BCUT2D eigenvalue weighted by molar-refractivity contribution is 5.97. The maximum Gasteiger partial charge on any atom is 0.332 e. The Morgan fingerprint density at radius 1 is 1.15 bits per heavy atom. The van der Waals surface area contributed by atoms with Gasteiger partial charge in [0.2, 0.25) is 0 Å². The number of esters is 1. The molecule has 1 spiro atoms. The predicted octanol–water partition coefficient (Wildman–Crippen LogP) is 4.23. The molecule has 3 unspecified atom stereocenters. The van der Waals surface area contributed by atoms with Crippen molar-refractivity contribution < 1.29 is 9.53 Å². The number of carbonyl (C=O) groups is 1. The molecule has 4 aliphatic rings. The molecule has 136 valence electrons. The Labute approximate surface area is 155 Å². The molecular weight excluding hydrogens is 322 g/mol. The molecule has 1 aromatic rings. The maximum atomic E-state index is 12.3. The van der Waals surface area contributed by atoms with Crippen LogP contribution in [0.1, 0.15) is 57.6 Å². The zero-order valence-electron chi connectivity index (χ0n) is 15.9. The van der Waals surface area contributed by atoms with Gasteiger partial charge in [-0.25, -0.2) is 4.79 Å². The Bertz CT molecular complexity index is 827. The second-order valence-electron chi connectivity index (χ2n) is 9.30. The maximum absolute atomic E-state index is 12.3. The summed E-state index contributed by atoms with van der Waals surface area (Å²) in [5, 5.41) is 0. The van der Waals surface area contributed by atoms with Gasteiger partial charge in [-0.05, 0) is 41.5 Å². The minimum Gasteiger partial charge on any atom is -0.449 e. The van der Waals surface area contributed by atoms with Crippen molar-refractivity contribution in [1.29, 1.82) is 0 Å². The minimum atomic E-state index is -0.408. The lowest BCUT2D eigenvalue weighted by molar-refractivity contribution is -0.148. The van der Waals surface area contributed by atoms with Gasteiger partial charge in [0.1, 0.15) is 0 Å². The SMILES string of the molecule is CC(C)(C)c1ccc(C2=CC3CC4(OC(=O)C=C24)C2CCCCN32)cc1. The molecule has 0 aromatic heterocycles. The van der Waals surface area contributed by atoms with Crippen molar-refractivity contribution in [2.24, 2.45) is 0 Å². The summed E-state index contributed by atoms with van der Waals surface area (Å²) in [7, 11) is 0. The lowest BCUT2D eigenvalue weighted by Gasteiger charge is -2.38. The van der Waals surface area contributed by atoms with E-state index in [1.54, 1.807) is 6.08 Å². The van der Waals surface area contributed by atoms with E-state index in [9.17, 15) is 4.79 Å². The Kier molecular flexibility index (Phi) is 3.34. The van der Waals surface area contributed by atoms with Crippen molar-refractivity contribution >= 4 is 11.5 Å². The smallest absolute Gasteiger partial charge is 0.332 e. The third-order valence-electron chi connectivity index (χ3n) is 6.73. The van der Waals surface area contributed by atoms with Crippen molar-refractivity contribution in [3.8, 4) is 0 Å². The molecule has 2 saturated heterocycles. The summed E-state index contributed by atoms with van der Waals surface area (Å²) in [5.74, 6) is -0.162. The van der Waals surface area contributed by atoms with Gasteiger partial charge in [0.25, 0.3) is 0 Å². The van der Waals surface area contributed by atoms with Crippen LogP contribution in [-0.4, -0.2) is 35.1 Å². The fourth-order valence-electron chi connectivity index (χ4n) is 5.46. The zero-order chi connectivity index (χ0) is 18.1. The Hall–Kier alpha value is -1.87. The molecule has 1 aliphatic carbocycles. The van der Waals surface area contributed by atoms with E-state index in [-0.39, 0.29) is 11.4 Å². The molecule has 3 heterocycles. The minimum absolute atomic E-state index is 0.145. The molecular formula is C23H27NO2. The van der Waals surface area contributed by atoms with E-state index >= 15 is 0 Å². The Morgan fingerprint density at radius 2 is 1.92 bits per heavy atom. The van der Waals surface area contributed by atoms with Crippen LogP contribution in [0.4, 0.5) is 0 Å². The molecule has 0 amide bonds. The number of ether oxygens (including phenoxy) is 1. The van der Waals surface area contributed by atoms with Crippen LogP contribution in [0.15, 0.2) is 42.0 Å². The van der Waals surface area contributed by atoms with E-state index in [0.717, 1.165) is 25.0 Å². The lowest BCUT2D eigenvalue weighted by Crippen LogP contribution is -2.48. The Morgan fingerprint density at radius 3 is 2.65 bits per heavy atom. The number of hydrogen-bond donors (Lipinski definition) is 0. The van der Waals surface area contributed by atoms with E-state index in [2.05, 4.69) is 56.0 Å². The van der Waals surface area contributed by atoms with E-state index in [0.29, 0.717) is 12.1 Å². The normalized spacial score (nSPS) is 33.3. The summed E-state index contributed by atoms with van der Waals surface area (Å²) in [6, 6.07) is 9.62. The van der Waals surface area contributed by atoms with E-state index in [1.807, 2.05) is 0 Å². The van der Waals surface area contributed by atoms with Crippen molar-refractivity contribution in [2.45, 2.75) is 69.6 Å². The molecule has 2 bridgehead atoms. The molecule has 3 aliphatic heterocycles. The van der Waals surface area contributed by atoms with Gasteiger partial charge in [-0.1, -0.05) is 57.5 Å². The second-order valence-corrected chi connectivity index (χ2v) is 9.30. The van der Waals surface area contributed by atoms with E-state index in [1.165, 1.54) is 29.5 Å². The van der Waals surface area contributed by atoms with Gasteiger partial charge in [0.15, 0.2) is 5.60 Å². The fourth-order valence-corrected chi connectivity index (χ4v) is 5.46. The van der Waals surface area contributed by atoms with Gasteiger partial charge < -0.3 is 4.74 Å². The third-order valence-corrected chi connectivity index (χ3v) is 6.73. The van der Waals surface area contributed by atoms with Gasteiger partial charge in [-0.15, -0.1) is 0 Å². The van der Waals surface area contributed by atoms with Crippen LogP contribution in [0.5, 0.6) is 0 Å². The monoisotopic (exact) mass is 349 g/mol. The fraction of sp³-hybridized carbons (Fsp3) is 0.522. The number of hydrogen-bond acceptors (Lipinski definition) is 3. The quantitative estimate of drug-likeness (QED) is 0.711. The summed E-state index contributed by atoms with van der Waals surface area (Å²) in [6.07, 6.45) is 8.70. The number of benzene rings is 1. The molecule has 26 heavy (non-hydrogen) atoms. The topological polar surface area (TPSA) is 29.5 Å². The summed E-state index contributed by atoms with van der Waals surface area (Å²) in [4.78, 5) is 14.9. The first-order chi connectivity index (χ1) is 12.4. The Balaban J connectivity index is 1.59. The van der Waals surface area contributed by atoms with Crippen LogP contribution in [0.3, 0.4) is 0 Å². The number of rotatable bonds is 1. The van der Waals surface area contributed by atoms with Crippen molar-refractivity contribution in [2.75, 3.05) is 6.54 Å². The highest BCUT2D eigenvalue weighted by Crippen LogP contribution is 2.55. The average Bonchev–Trinajstić information content (AvgIpc) is 3.09. The lowest BCUT2D eigenvalue weighted by atomic mass is 9.74. The van der Waals surface area contributed by atoms with Crippen LogP contribution in [0.2, 0.25) is 0 Å². The molecule has 2 fully saturated rings. The molecule has 1 aromatic carbocycles. The zero-order valence-corrected chi connectivity index (χ0v) is 15.9. The highest BCUT2D eigenvalue weighted by Gasteiger charge is 2.61. The van der Waals surface area contributed by atoms with Gasteiger partial charge in [-0.2, -0.15) is 0 Å². The van der Waals surface area contributed by atoms with Crippen LogP contribution < -0.4 is 0 Å². The van der Waals surface area contributed by atoms with Gasteiger partial charge >= 0.3 is 5.97 Å². The first-order valence-electron chi connectivity index (χ1n) is 9.92. The van der Waals surface area contributed by atoms with Crippen LogP contribution in [0, 0.1) is 0 Å². The second kappa shape index (κ2) is 5.32. The molecule has 3 atom stereocenters. The van der Waals surface area contributed by atoms with Crippen molar-refractivity contribution in [3.05, 3.63) is 53.1 Å². The first-order valence-corrected chi connectivity index (χ1v) is 9.92. The third kappa shape index (κ3) is 2.19. The summed E-state index contributed by atoms with van der Waals surface area (Å²) in [5.41, 5.74) is 4.61.